The Morgan fingerprint density at radius 2 is 2.58 bits per heavy atom. The third-order valence-corrected chi connectivity index (χ3v) is 2.97. The molecule has 0 saturated carbocycles. The summed E-state index contributed by atoms with van der Waals surface area (Å²) >= 11 is 3.32. The Morgan fingerprint density at radius 3 is 3.00 bits per heavy atom. The highest BCUT2D eigenvalue weighted by Crippen LogP contribution is 2.21. The Morgan fingerprint density at radius 1 is 1.92 bits per heavy atom. The summed E-state index contributed by atoms with van der Waals surface area (Å²) in [6.45, 7) is 2.82. The number of amides is 1. The molecule has 0 aromatic heterocycles. The number of nitrogens with zero attached hydrogens (tertiary/aromatic N) is 1. The second kappa shape index (κ2) is 3.95. The summed E-state index contributed by atoms with van der Waals surface area (Å²) in [6, 6.07) is 0.185. The number of carbonyl (C=O) groups is 1. The molecule has 0 bridgehead atoms. The van der Waals surface area contributed by atoms with Gasteiger partial charge in [0.15, 0.2) is 0 Å². The van der Waals surface area contributed by atoms with E-state index >= 15 is 0 Å². The minimum absolute atomic E-state index is 0.0118. The topological polar surface area (TPSA) is 20.3 Å². The number of hydrogen-bond donors (Lipinski definition) is 0. The van der Waals surface area contributed by atoms with Crippen LogP contribution in [0.3, 0.4) is 0 Å². The van der Waals surface area contributed by atoms with Crippen molar-refractivity contribution in [1.29, 1.82) is 0 Å². The van der Waals surface area contributed by atoms with E-state index in [9.17, 15) is 4.79 Å². The minimum atomic E-state index is 0.0118. The Kier molecular flexibility index (Phi) is 3.16. The summed E-state index contributed by atoms with van der Waals surface area (Å²) in [6.07, 6.45) is 6.72. The standard InChI is InChI=1S/C9H12BrNO/c1-3-4-7(2)11-6-5-8(10)9(11)12/h1,7-8H,4-6H2,2H3. The molecule has 1 rings (SSSR count). The fraction of sp³-hybridized carbons (Fsp3) is 0.667. The summed E-state index contributed by atoms with van der Waals surface area (Å²) in [7, 11) is 0. The van der Waals surface area contributed by atoms with Gasteiger partial charge >= 0.3 is 0 Å². The molecule has 2 nitrogen and oxygen atoms in total. The molecule has 12 heavy (non-hydrogen) atoms. The molecule has 0 spiro atoms. The number of halogens is 1. The quantitative estimate of drug-likeness (QED) is 0.518. The van der Waals surface area contributed by atoms with Gasteiger partial charge in [-0.1, -0.05) is 15.9 Å². The maximum Gasteiger partial charge on any atom is 0.236 e. The molecule has 1 saturated heterocycles. The fourth-order valence-electron chi connectivity index (χ4n) is 1.38. The van der Waals surface area contributed by atoms with Crippen LogP contribution in [0.5, 0.6) is 0 Å². The molecule has 0 aromatic rings. The zero-order valence-corrected chi connectivity index (χ0v) is 8.67. The van der Waals surface area contributed by atoms with Crippen LogP contribution in [0.1, 0.15) is 19.8 Å². The van der Waals surface area contributed by atoms with Crippen LogP contribution < -0.4 is 0 Å². The van der Waals surface area contributed by atoms with Crippen LogP contribution in [0, 0.1) is 12.3 Å². The maximum absolute atomic E-state index is 11.4. The molecule has 0 aliphatic carbocycles. The van der Waals surface area contributed by atoms with Crippen molar-refractivity contribution in [2.24, 2.45) is 0 Å². The molecule has 1 heterocycles. The molecule has 2 unspecified atom stereocenters. The van der Waals surface area contributed by atoms with Gasteiger partial charge in [-0.15, -0.1) is 12.3 Å². The van der Waals surface area contributed by atoms with Gasteiger partial charge in [-0.2, -0.15) is 0 Å². The third kappa shape index (κ3) is 1.81. The van der Waals surface area contributed by atoms with Crippen molar-refractivity contribution in [3.05, 3.63) is 0 Å². The Bertz CT molecular complexity index is 221. The van der Waals surface area contributed by atoms with Gasteiger partial charge in [0.05, 0.1) is 4.83 Å². The molecule has 0 radical (unpaired) electrons. The first-order chi connectivity index (χ1) is 5.66. The lowest BCUT2D eigenvalue weighted by atomic mass is 10.2. The molecular weight excluding hydrogens is 218 g/mol. The fourth-order valence-corrected chi connectivity index (χ4v) is 1.85. The van der Waals surface area contributed by atoms with Crippen molar-refractivity contribution in [1.82, 2.24) is 4.90 Å². The maximum atomic E-state index is 11.4. The van der Waals surface area contributed by atoms with Gasteiger partial charge in [0.1, 0.15) is 0 Å². The normalized spacial score (nSPS) is 25.6. The van der Waals surface area contributed by atoms with Gasteiger partial charge < -0.3 is 4.90 Å². The van der Waals surface area contributed by atoms with Crippen molar-refractivity contribution < 1.29 is 4.79 Å². The molecule has 1 aliphatic heterocycles. The number of carbonyl (C=O) groups excluding carboxylic acids is 1. The van der Waals surface area contributed by atoms with Crippen LogP contribution in [0.2, 0.25) is 0 Å². The van der Waals surface area contributed by atoms with E-state index in [0.717, 1.165) is 13.0 Å². The average molecular weight is 230 g/mol. The molecule has 1 fully saturated rings. The Labute approximate surface area is 81.4 Å². The lowest BCUT2D eigenvalue weighted by molar-refractivity contribution is -0.128. The van der Waals surface area contributed by atoms with E-state index in [-0.39, 0.29) is 16.8 Å². The zero-order chi connectivity index (χ0) is 9.14. The van der Waals surface area contributed by atoms with E-state index in [1.54, 1.807) is 0 Å². The predicted octanol–water partition coefficient (Wildman–Crippen LogP) is 1.39. The second-order valence-corrected chi connectivity index (χ2v) is 4.15. The van der Waals surface area contributed by atoms with E-state index in [1.165, 1.54) is 0 Å². The number of terminal acetylenes is 1. The summed E-state index contributed by atoms with van der Waals surface area (Å²) in [5, 5.41) is 0. The summed E-state index contributed by atoms with van der Waals surface area (Å²) < 4.78 is 0. The van der Waals surface area contributed by atoms with Crippen molar-refractivity contribution >= 4 is 21.8 Å². The van der Waals surface area contributed by atoms with Crippen LogP contribution in [-0.2, 0) is 4.79 Å². The van der Waals surface area contributed by atoms with E-state index in [0.29, 0.717) is 6.42 Å². The van der Waals surface area contributed by atoms with Crippen LogP contribution in [0.25, 0.3) is 0 Å². The van der Waals surface area contributed by atoms with Crippen LogP contribution in [0.15, 0.2) is 0 Å². The Hall–Kier alpha value is -0.490. The lowest BCUT2D eigenvalue weighted by Gasteiger charge is -2.22. The molecule has 1 aliphatic rings. The van der Waals surface area contributed by atoms with Gasteiger partial charge in [-0.25, -0.2) is 0 Å². The van der Waals surface area contributed by atoms with Gasteiger partial charge in [-0.05, 0) is 13.3 Å². The largest absolute Gasteiger partial charge is 0.338 e. The zero-order valence-electron chi connectivity index (χ0n) is 7.09. The predicted molar refractivity (Wildman–Crippen MR) is 52.0 cm³/mol. The lowest BCUT2D eigenvalue weighted by Crippen LogP contribution is -2.35. The van der Waals surface area contributed by atoms with E-state index in [2.05, 4.69) is 21.9 Å². The third-order valence-electron chi connectivity index (χ3n) is 2.12. The van der Waals surface area contributed by atoms with Crippen molar-refractivity contribution in [2.45, 2.75) is 30.6 Å². The van der Waals surface area contributed by atoms with Crippen molar-refractivity contribution in [3.8, 4) is 12.3 Å². The van der Waals surface area contributed by atoms with Gasteiger partial charge in [-0.3, -0.25) is 4.79 Å². The average Bonchev–Trinajstić information content (AvgIpc) is 2.34. The molecule has 66 valence electrons. The molecule has 1 amide bonds. The molecule has 2 atom stereocenters. The Balaban J connectivity index is 2.54. The highest BCUT2D eigenvalue weighted by atomic mass is 79.9. The number of likely N-dealkylation sites (tertiary alicyclic amines) is 1. The summed E-state index contributed by atoms with van der Waals surface area (Å²) in [5.41, 5.74) is 0. The summed E-state index contributed by atoms with van der Waals surface area (Å²) in [4.78, 5) is 13.3. The molecule has 0 N–H and O–H groups in total. The van der Waals surface area contributed by atoms with Crippen LogP contribution >= 0.6 is 15.9 Å². The van der Waals surface area contributed by atoms with Gasteiger partial charge in [0.2, 0.25) is 5.91 Å². The van der Waals surface area contributed by atoms with Crippen LogP contribution in [-0.4, -0.2) is 28.2 Å². The monoisotopic (exact) mass is 229 g/mol. The number of hydrogen-bond acceptors (Lipinski definition) is 1. The first-order valence-electron chi connectivity index (χ1n) is 4.05. The minimum Gasteiger partial charge on any atom is -0.338 e. The number of rotatable bonds is 2. The number of alkyl halides is 1. The van der Waals surface area contributed by atoms with Crippen molar-refractivity contribution in [2.75, 3.05) is 6.54 Å². The first-order valence-corrected chi connectivity index (χ1v) is 4.96. The van der Waals surface area contributed by atoms with E-state index in [4.69, 9.17) is 6.42 Å². The second-order valence-electron chi connectivity index (χ2n) is 3.05. The molecule has 3 heteroatoms. The van der Waals surface area contributed by atoms with Gasteiger partial charge in [0, 0.05) is 19.0 Å². The SMILES string of the molecule is C#CCC(C)N1CCC(Br)C1=O. The molecular formula is C9H12BrNO. The van der Waals surface area contributed by atoms with E-state index < -0.39 is 0 Å². The highest BCUT2D eigenvalue weighted by molar-refractivity contribution is 9.10. The van der Waals surface area contributed by atoms with Gasteiger partial charge in [0.25, 0.3) is 0 Å². The summed E-state index contributed by atoms with van der Waals surface area (Å²) in [5.74, 6) is 2.75. The smallest absolute Gasteiger partial charge is 0.236 e. The van der Waals surface area contributed by atoms with E-state index in [1.807, 2.05) is 11.8 Å². The van der Waals surface area contributed by atoms with Crippen molar-refractivity contribution in [3.63, 3.8) is 0 Å². The first kappa shape index (κ1) is 9.60. The highest BCUT2D eigenvalue weighted by Gasteiger charge is 2.31. The molecule has 0 aromatic carbocycles. The van der Waals surface area contributed by atoms with Crippen LogP contribution in [0.4, 0.5) is 0 Å².